The van der Waals surface area contributed by atoms with Gasteiger partial charge in [-0.05, 0) is 75.3 Å². The maximum atomic E-state index is 8.93. The Morgan fingerprint density at radius 2 is 1.54 bits per heavy atom. The lowest BCUT2D eigenvalue weighted by Crippen LogP contribution is -2.05. The second-order valence-electron chi connectivity index (χ2n) is 9.32. The third-order valence-electron chi connectivity index (χ3n) is 6.13. The molecule has 3 rings (SSSR count). The monoisotopic (exact) mass is 498 g/mol. The van der Waals surface area contributed by atoms with E-state index < -0.39 is 0 Å². The molecule has 0 radical (unpaired) electrons. The molecule has 200 valence electrons. The van der Waals surface area contributed by atoms with Gasteiger partial charge in [-0.2, -0.15) is 5.26 Å². The first-order chi connectivity index (χ1) is 17.9. The molecule has 3 aromatic rings. The Balaban J connectivity index is 0.000000566. The van der Waals surface area contributed by atoms with Crippen molar-refractivity contribution in [3.05, 3.63) is 113 Å². The van der Waals surface area contributed by atoms with Crippen LogP contribution >= 0.6 is 0 Å². The van der Waals surface area contributed by atoms with Crippen LogP contribution in [0.4, 0.5) is 0 Å². The topological polar surface area (TPSA) is 49.8 Å². The van der Waals surface area contributed by atoms with Crippen LogP contribution in [-0.2, 0) is 12.8 Å². The Morgan fingerprint density at radius 1 is 0.865 bits per heavy atom. The number of nitrogens with zero attached hydrogens (tertiary/aromatic N) is 1. The Morgan fingerprint density at radius 3 is 2.03 bits per heavy atom. The Bertz CT molecular complexity index is 1010. The lowest BCUT2D eigenvalue weighted by Gasteiger charge is -2.15. The highest BCUT2D eigenvalue weighted by Gasteiger charge is 2.10. The van der Waals surface area contributed by atoms with Crippen LogP contribution in [0, 0.1) is 38.0 Å². The van der Waals surface area contributed by atoms with E-state index in [1.807, 2.05) is 24.3 Å². The van der Waals surface area contributed by atoms with Crippen LogP contribution in [-0.4, -0.2) is 7.05 Å². The minimum atomic E-state index is 0.531. The molecule has 3 aromatic carbocycles. The Hall–Kier alpha value is -3.15. The average molecular weight is 499 g/mol. The normalized spacial score (nSPS) is 10.2. The van der Waals surface area contributed by atoms with E-state index in [1.54, 1.807) is 0 Å². The van der Waals surface area contributed by atoms with Crippen molar-refractivity contribution in [2.75, 3.05) is 7.05 Å². The fourth-order valence-corrected chi connectivity index (χ4v) is 3.99. The summed E-state index contributed by atoms with van der Waals surface area (Å²) in [4.78, 5) is 0. The number of nitrogens with two attached hydrogens (primary N) is 1. The fourth-order valence-electron chi connectivity index (χ4n) is 3.99. The van der Waals surface area contributed by atoms with Gasteiger partial charge < -0.3 is 5.73 Å². The van der Waals surface area contributed by atoms with E-state index in [-0.39, 0.29) is 0 Å². The lowest BCUT2D eigenvalue weighted by molar-refractivity contribution is 0.463. The second kappa shape index (κ2) is 22.1. The molecule has 2 nitrogen and oxygen atoms in total. The number of aryl methyl sites for hydroxylation is 4. The van der Waals surface area contributed by atoms with Gasteiger partial charge >= 0.3 is 0 Å². The van der Waals surface area contributed by atoms with E-state index in [9.17, 15) is 0 Å². The predicted molar refractivity (Wildman–Crippen MR) is 165 cm³/mol. The van der Waals surface area contributed by atoms with Gasteiger partial charge in [-0.3, -0.25) is 0 Å². The third kappa shape index (κ3) is 16.3. The van der Waals surface area contributed by atoms with Gasteiger partial charge in [-0.15, -0.1) is 0 Å². The molecule has 0 aliphatic carbocycles. The first-order valence-electron chi connectivity index (χ1n) is 13.7. The summed E-state index contributed by atoms with van der Waals surface area (Å²) in [6.45, 7) is 14.4. The summed E-state index contributed by atoms with van der Waals surface area (Å²) in [5.41, 5.74) is 12.5. The zero-order chi connectivity index (χ0) is 27.9. The van der Waals surface area contributed by atoms with Crippen molar-refractivity contribution in [3.63, 3.8) is 0 Å². The molecule has 0 bridgehead atoms. The van der Waals surface area contributed by atoms with Gasteiger partial charge in [0, 0.05) is 6.42 Å². The Labute approximate surface area is 228 Å². The Kier molecular flexibility index (Phi) is 20.2. The molecule has 1 atom stereocenters. The zero-order valence-corrected chi connectivity index (χ0v) is 24.3. The summed E-state index contributed by atoms with van der Waals surface area (Å²) < 4.78 is 0. The zero-order valence-electron chi connectivity index (χ0n) is 24.3. The van der Waals surface area contributed by atoms with Crippen molar-refractivity contribution < 1.29 is 0 Å². The van der Waals surface area contributed by atoms with E-state index in [2.05, 4.69) is 108 Å². The second-order valence-corrected chi connectivity index (χ2v) is 9.32. The smallest absolute Gasteiger partial charge is 0.0624 e. The molecule has 0 aromatic heterocycles. The van der Waals surface area contributed by atoms with Gasteiger partial charge in [0.15, 0.2) is 0 Å². The van der Waals surface area contributed by atoms with Crippen LogP contribution in [0.5, 0.6) is 0 Å². The van der Waals surface area contributed by atoms with Gasteiger partial charge in [0.05, 0.1) is 6.07 Å². The summed E-state index contributed by atoms with van der Waals surface area (Å²) in [5, 5.41) is 8.93. The number of nitriles is 1. The number of hydrogen-bond acceptors (Lipinski definition) is 2. The molecule has 0 aliphatic rings. The first-order valence-corrected chi connectivity index (χ1v) is 13.7. The largest absolute Gasteiger partial charge is 0.333 e. The van der Waals surface area contributed by atoms with Gasteiger partial charge in [0.2, 0.25) is 0 Å². The standard InChI is InChI=1S/C17H25N.C9H10.C8H10.CH5N/c1-4-5-6-7-16(10-11-18)13-17-9-8-14(2)12-15(17)3;1-3-9-6-4-5-8(2)7-9;1-2-8-6-4-3-5-7-8;1-2/h8-9,12,16H,4-7,10,13H2,1-3H3;3-7H,1H2,2H3;3-7H,2H2,1H3;2H2,1H3. The predicted octanol–water partition coefficient (Wildman–Crippen LogP) is 9.42. The van der Waals surface area contributed by atoms with Crippen LogP contribution in [0.1, 0.15) is 79.3 Å². The van der Waals surface area contributed by atoms with Crippen molar-refractivity contribution in [1.82, 2.24) is 0 Å². The fraction of sp³-hybridized carbons (Fsp3) is 0.400. The lowest BCUT2D eigenvalue weighted by atomic mass is 9.89. The van der Waals surface area contributed by atoms with E-state index in [0.29, 0.717) is 12.3 Å². The minimum absolute atomic E-state index is 0.531. The van der Waals surface area contributed by atoms with Crippen molar-refractivity contribution in [1.29, 1.82) is 5.26 Å². The summed E-state index contributed by atoms with van der Waals surface area (Å²) in [7, 11) is 1.50. The molecule has 0 heterocycles. The molecular formula is C35H50N2. The molecule has 0 fully saturated rings. The van der Waals surface area contributed by atoms with E-state index in [4.69, 9.17) is 5.26 Å². The van der Waals surface area contributed by atoms with Crippen LogP contribution in [0.15, 0.2) is 79.4 Å². The van der Waals surface area contributed by atoms with Crippen LogP contribution in [0.2, 0.25) is 0 Å². The summed E-state index contributed by atoms with van der Waals surface area (Å²) in [6.07, 6.45) is 9.73. The molecular weight excluding hydrogens is 448 g/mol. The first kappa shape index (κ1) is 33.8. The van der Waals surface area contributed by atoms with Crippen molar-refractivity contribution in [3.8, 4) is 6.07 Å². The molecule has 2 N–H and O–H groups in total. The van der Waals surface area contributed by atoms with Crippen LogP contribution in [0.25, 0.3) is 6.08 Å². The van der Waals surface area contributed by atoms with Gasteiger partial charge in [-0.1, -0.05) is 130 Å². The maximum Gasteiger partial charge on any atom is 0.0624 e. The molecule has 0 spiro atoms. The highest BCUT2D eigenvalue weighted by Crippen LogP contribution is 2.21. The molecule has 0 amide bonds. The molecule has 0 saturated carbocycles. The number of unbranched alkanes of at least 4 members (excludes halogenated alkanes) is 2. The SMILES string of the molecule is C=Cc1cccc(C)c1.CCCCCC(CC#N)Cc1ccc(C)cc1C.CCc1ccccc1.CN. The average Bonchev–Trinajstić information content (AvgIpc) is 2.92. The van der Waals surface area contributed by atoms with E-state index in [0.717, 1.165) is 12.8 Å². The molecule has 1 unspecified atom stereocenters. The summed E-state index contributed by atoms with van der Waals surface area (Å²) in [6, 6.07) is 27.7. The molecule has 37 heavy (non-hydrogen) atoms. The molecule has 0 saturated heterocycles. The number of benzene rings is 3. The van der Waals surface area contributed by atoms with Gasteiger partial charge in [0.1, 0.15) is 0 Å². The van der Waals surface area contributed by atoms with E-state index >= 15 is 0 Å². The third-order valence-corrected chi connectivity index (χ3v) is 6.13. The molecule has 2 heteroatoms. The summed E-state index contributed by atoms with van der Waals surface area (Å²) >= 11 is 0. The van der Waals surface area contributed by atoms with Crippen molar-refractivity contribution >= 4 is 6.08 Å². The quantitative estimate of drug-likeness (QED) is 0.299. The van der Waals surface area contributed by atoms with Gasteiger partial charge in [-0.25, -0.2) is 0 Å². The highest BCUT2D eigenvalue weighted by molar-refractivity contribution is 5.47. The highest BCUT2D eigenvalue weighted by atomic mass is 14.4. The van der Waals surface area contributed by atoms with Crippen LogP contribution in [0.3, 0.4) is 0 Å². The minimum Gasteiger partial charge on any atom is -0.333 e. The van der Waals surface area contributed by atoms with Crippen LogP contribution < -0.4 is 5.73 Å². The van der Waals surface area contributed by atoms with Gasteiger partial charge in [0.25, 0.3) is 0 Å². The van der Waals surface area contributed by atoms with Crippen molar-refractivity contribution in [2.24, 2.45) is 11.7 Å². The van der Waals surface area contributed by atoms with E-state index in [1.165, 1.54) is 66.1 Å². The number of rotatable bonds is 9. The van der Waals surface area contributed by atoms with Crippen molar-refractivity contribution in [2.45, 2.75) is 79.6 Å². The molecule has 0 aliphatic heterocycles. The summed E-state index contributed by atoms with van der Waals surface area (Å²) in [5.74, 6) is 0.531. The maximum absolute atomic E-state index is 8.93. The number of hydrogen-bond donors (Lipinski definition) is 1.